The van der Waals surface area contributed by atoms with E-state index in [0.717, 1.165) is 18.5 Å². The molecule has 1 aliphatic heterocycles. The first kappa shape index (κ1) is 13.3. The van der Waals surface area contributed by atoms with Crippen molar-refractivity contribution in [3.05, 3.63) is 16.3 Å². The normalized spacial score (nSPS) is 16.2. The minimum Gasteiger partial charge on any atom is -0.304 e. The van der Waals surface area contributed by atoms with Gasteiger partial charge < -0.3 is 4.90 Å². The van der Waals surface area contributed by atoms with Crippen molar-refractivity contribution >= 4 is 28.7 Å². The lowest BCUT2D eigenvalue weighted by Crippen LogP contribution is -2.34. The molecule has 0 fully saturated rings. The number of anilines is 1. The van der Waals surface area contributed by atoms with Gasteiger partial charge in [-0.3, -0.25) is 9.59 Å². The molecule has 1 aromatic rings. The van der Waals surface area contributed by atoms with Gasteiger partial charge in [-0.15, -0.1) is 11.3 Å². The van der Waals surface area contributed by atoms with Crippen molar-refractivity contribution < 1.29 is 9.59 Å². The van der Waals surface area contributed by atoms with Gasteiger partial charge >= 0.3 is 0 Å². The quantitative estimate of drug-likeness (QED) is 0.738. The molecule has 2 rings (SSSR count). The van der Waals surface area contributed by atoms with E-state index in [1.165, 1.54) is 24.2 Å². The van der Waals surface area contributed by atoms with Gasteiger partial charge in [-0.25, -0.2) is 0 Å². The SMILES string of the molecule is CCCCC(CC)CN1C(=O)C(=O)c2sccc21. The van der Waals surface area contributed by atoms with Gasteiger partial charge in [0.1, 0.15) is 4.88 Å². The predicted octanol–water partition coefficient (Wildman–Crippen LogP) is 3.49. The summed E-state index contributed by atoms with van der Waals surface area (Å²) in [5.74, 6) is -0.176. The molecule has 2 heterocycles. The number of hydrogen-bond donors (Lipinski definition) is 0. The monoisotopic (exact) mass is 265 g/mol. The molecule has 18 heavy (non-hydrogen) atoms. The molecule has 1 unspecified atom stereocenters. The molecule has 1 aliphatic rings. The molecule has 0 saturated carbocycles. The Kier molecular flexibility index (Phi) is 4.17. The number of nitrogens with zero attached hydrogens (tertiary/aromatic N) is 1. The van der Waals surface area contributed by atoms with Crippen molar-refractivity contribution in [2.45, 2.75) is 39.5 Å². The summed E-state index contributed by atoms with van der Waals surface area (Å²) in [6.45, 7) is 5.01. The third kappa shape index (κ3) is 2.34. The second-order valence-corrected chi connectivity index (χ2v) is 5.71. The van der Waals surface area contributed by atoms with Crippen LogP contribution in [0, 0.1) is 5.92 Å². The van der Waals surface area contributed by atoms with Crippen molar-refractivity contribution in [3.63, 3.8) is 0 Å². The summed E-state index contributed by atoms with van der Waals surface area (Å²) in [7, 11) is 0. The highest BCUT2D eigenvalue weighted by atomic mass is 32.1. The third-order valence-electron chi connectivity index (χ3n) is 3.56. The van der Waals surface area contributed by atoms with Crippen LogP contribution in [0.2, 0.25) is 0 Å². The van der Waals surface area contributed by atoms with E-state index in [2.05, 4.69) is 13.8 Å². The maximum atomic E-state index is 11.9. The molecule has 1 atom stereocenters. The average Bonchev–Trinajstić information content (AvgIpc) is 2.93. The smallest absolute Gasteiger partial charge is 0.300 e. The molecule has 0 N–H and O–H groups in total. The number of thiophene rings is 1. The van der Waals surface area contributed by atoms with Crippen LogP contribution < -0.4 is 4.90 Å². The Bertz CT molecular complexity index is 452. The molecule has 98 valence electrons. The topological polar surface area (TPSA) is 37.4 Å². The average molecular weight is 265 g/mol. The molecule has 1 amide bonds. The summed E-state index contributed by atoms with van der Waals surface area (Å²) >= 11 is 1.37. The number of Topliss-reactive ketones (excluding diaryl/α,β-unsaturated/α-hetero) is 1. The Labute approximate surface area is 112 Å². The highest BCUT2D eigenvalue weighted by molar-refractivity contribution is 7.14. The fraction of sp³-hybridized carbons (Fsp3) is 0.571. The highest BCUT2D eigenvalue weighted by Crippen LogP contribution is 2.34. The van der Waals surface area contributed by atoms with Crippen molar-refractivity contribution in [2.75, 3.05) is 11.4 Å². The Hall–Kier alpha value is -1.16. The summed E-state index contributed by atoms with van der Waals surface area (Å²) in [5, 5.41) is 1.88. The van der Waals surface area contributed by atoms with E-state index in [0.29, 0.717) is 17.3 Å². The van der Waals surface area contributed by atoms with E-state index < -0.39 is 0 Å². The van der Waals surface area contributed by atoms with Crippen LogP contribution in [0.1, 0.15) is 49.2 Å². The van der Waals surface area contributed by atoms with Crippen LogP contribution in [0.15, 0.2) is 11.4 Å². The van der Waals surface area contributed by atoms with Crippen molar-refractivity contribution in [3.8, 4) is 0 Å². The maximum absolute atomic E-state index is 11.9. The number of carbonyl (C=O) groups is 2. The summed E-state index contributed by atoms with van der Waals surface area (Å²) in [6, 6.07) is 1.88. The molecule has 0 spiro atoms. The van der Waals surface area contributed by atoms with Crippen LogP contribution in [-0.2, 0) is 4.79 Å². The lowest BCUT2D eigenvalue weighted by molar-refractivity contribution is -0.114. The Morgan fingerprint density at radius 1 is 1.33 bits per heavy atom. The van der Waals surface area contributed by atoms with E-state index >= 15 is 0 Å². The Balaban J connectivity index is 2.09. The van der Waals surface area contributed by atoms with Gasteiger partial charge in [0, 0.05) is 6.54 Å². The molecule has 0 saturated heterocycles. The van der Waals surface area contributed by atoms with Gasteiger partial charge in [0.2, 0.25) is 0 Å². The molecular weight excluding hydrogens is 246 g/mol. The fourth-order valence-corrected chi connectivity index (χ4v) is 3.20. The lowest BCUT2D eigenvalue weighted by atomic mass is 9.99. The van der Waals surface area contributed by atoms with Gasteiger partial charge in [0.15, 0.2) is 0 Å². The fourth-order valence-electron chi connectivity index (χ4n) is 2.37. The van der Waals surface area contributed by atoms with Crippen LogP contribution in [0.4, 0.5) is 5.69 Å². The van der Waals surface area contributed by atoms with Crippen LogP contribution >= 0.6 is 11.3 Å². The molecule has 3 nitrogen and oxygen atoms in total. The van der Waals surface area contributed by atoms with Crippen LogP contribution in [0.25, 0.3) is 0 Å². The maximum Gasteiger partial charge on any atom is 0.300 e. The summed E-state index contributed by atoms with van der Waals surface area (Å²) in [6.07, 6.45) is 4.54. The number of rotatable bonds is 6. The Morgan fingerprint density at radius 3 is 2.78 bits per heavy atom. The number of ketones is 1. The van der Waals surface area contributed by atoms with Crippen LogP contribution in [-0.4, -0.2) is 18.2 Å². The van der Waals surface area contributed by atoms with Gasteiger partial charge in [0.25, 0.3) is 11.7 Å². The number of hydrogen-bond acceptors (Lipinski definition) is 3. The van der Waals surface area contributed by atoms with Crippen LogP contribution in [0.5, 0.6) is 0 Å². The predicted molar refractivity (Wildman–Crippen MR) is 74.3 cm³/mol. The zero-order chi connectivity index (χ0) is 13.1. The van der Waals surface area contributed by atoms with Gasteiger partial charge in [-0.1, -0.05) is 33.1 Å². The lowest BCUT2D eigenvalue weighted by Gasteiger charge is -2.22. The molecule has 1 aromatic heterocycles. The second kappa shape index (κ2) is 5.65. The van der Waals surface area contributed by atoms with E-state index in [-0.39, 0.29) is 11.7 Å². The first-order valence-electron chi connectivity index (χ1n) is 6.62. The van der Waals surface area contributed by atoms with Gasteiger partial charge in [0.05, 0.1) is 5.69 Å². The largest absolute Gasteiger partial charge is 0.304 e. The van der Waals surface area contributed by atoms with E-state index in [9.17, 15) is 9.59 Å². The van der Waals surface area contributed by atoms with Gasteiger partial charge in [-0.05, 0) is 23.8 Å². The highest BCUT2D eigenvalue weighted by Gasteiger charge is 2.37. The van der Waals surface area contributed by atoms with Crippen molar-refractivity contribution in [2.24, 2.45) is 5.92 Å². The first-order valence-corrected chi connectivity index (χ1v) is 7.50. The molecule has 0 aliphatic carbocycles. The number of unbranched alkanes of at least 4 members (excludes halogenated alkanes) is 1. The van der Waals surface area contributed by atoms with Crippen LogP contribution in [0.3, 0.4) is 0 Å². The van der Waals surface area contributed by atoms with E-state index in [1.54, 1.807) is 4.90 Å². The molecule has 4 heteroatoms. The Morgan fingerprint density at radius 2 is 2.11 bits per heavy atom. The number of carbonyl (C=O) groups excluding carboxylic acids is 2. The zero-order valence-electron chi connectivity index (χ0n) is 10.9. The molecular formula is C14H19NO2S. The minimum absolute atomic E-state index is 0.328. The first-order chi connectivity index (χ1) is 8.69. The molecule has 0 radical (unpaired) electrons. The number of amides is 1. The summed E-state index contributed by atoms with van der Waals surface area (Å²) in [4.78, 5) is 26.0. The minimum atomic E-state index is -0.341. The summed E-state index contributed by atoms with van der Waals surface area (Å²) < 4.78 is 0. The molecule has 0 aromatic carbocycles. The van der Waals surface area contributed by atoms with E-state index in [1.807, 2.05) is 11.4 Å². The van der Waals surface area contributed by atoms with E-state index in [4.69, 9.17) is 0 Å². The summed E-state index contributed by atoms with van der Waals surface area (Å²) in [5.41, 5.74) is 0.824. The molecule has 0 bridgehead atoms. The van der Waals surface area contributed by atoms with Gasteiger partial charge in [-0.2, -0.15) is 0 Å². The van der Waals surface area contributed by atoms with Crippen molar-refractivity contribution in [1.82, 2.24) is 0 Å². The zero-order valence-corrected chi connectivity index (χ0v) is 11.8. The third-order valence-corrected chi connectivity index (χ3v) is 4.47. The second-order valence-electron chi connectivity index (χ2n) is 4.80. The standard InChI is InChI=1S/C14H19NO2S/c1-3-5-6-10(4-2)9-15-11-7-8-18-13(11)12(16)14(15)17/h7-8,10H,3-6,9H2,1-2H3. The van der Waals surface area contributed by atoms with Crippen molar-refractivity contribution in [1.29, 1.82) is 0 Å². The number of fused-ring (bicyclic) bond motifs is 1.